The molecule has 0 saturated heterocycles. The van der Waals surface area contributed by atoms with E-state index in [0.29, 0.717) is 11.3 Å². The average molecular weight is 257 g/mol. The minimum atomic E-state index is -0.453. The fourth-order valence-electron chi connectivity index (χ4n) is 2.07. The Hall–Kier alpha value is -2.36. The van der Waals surface area contributed by atoms with Gasteiger partial charge in [-0.3, -0.25) is 0 Å². The highest BCUT2D eigenvalue weighted by molar-refractivity contribution is 5.90. The maximum Gasteiger partial charge on any atom is 0.338 e. The number of ether oxygens (including phenoxy) is 1. The van der Waals surface area contributed by atoms with E-state index in [-0.39, 0.29) is 0 Å². The largest absolute Gasteiger partial charge is 0.618 e. The average Bonchev–Trinajstić information content (AvgIpc) is 2.37. The Morgan fingerprint density at radius 1 is 1.16 bits per heavy atom. The summed E-state index contributed by atoms with van der Waals surface area (Å²) in [5, 5.41) is 11.9. The Balaban J connectivity index is 2.57. The number of esters is 1. The van der Waals surface area contributed by atoms with Crippen molar-refractivity contribution >= 4 is 5.97 Å². The van der Waals surface area contributed by atoms with Gasteiger partial charge >= 0.3 is 5.97 Å². The van der Waals surface area contributed by atoms with Crippen molar-refractivity contribution in [1.29, 1.82) is 0 Å². The van der Waals surface area contributed by atoms with Crippen LogP contribution < -0.4 is 4.73 Å². The van der Waals surface area contributed by atoms with E-state index in [0.717, 1.165) is 21.4 Å². The SMILES string of the molecule is COC(=O)c1cc[n+]([O-])c(-c2cc(C)cc(C)c2)c1. The molecule has 0 amide bonds. The quantitative estimate of drug-likeness (QED) is 0.471. The van der Waals surface area contributed by atoms with Crippen molar-refractivity contribution < 1.29 is 14.3 Å². The molecular formula is C15H15NO3. The van der Waals surface area contributed by atoms with E-state index in [2.05, 4.69) is 4.74 Å². The summed E-state index contributed by atoms with van der Waals surface area (Å²) in [7, 11) is 1.32. The van der Waals surface area contributed by atoms with Gasteiger partial charge in [-0.25, -0.2) is 4.79 Å². The predicted octanol–water partition coefficient (Wildman–Crippen LogP) is 2.39. The molecule has 98 valence electrons. The third kappa shape index (κ3) is 2.73. The zero-order valence-corrected chi connectivity index (χ0v) is 11.1. The van der Waals surface area contributed by atoms with Crippen molar-refractivity contribution in [2.24, 2.45) is 0 Å². The molecule has 4 heteroatoms. The van der Waals surface area contributed by atoms with E-state index >= 15 is 0 Å². The van der Waals surface area contributed by atoms with Gasteiger partial charge in [0, 0.05) is 17.7 Å². The minimum Gasteiger partial charge on any atom is -0.618 e. The first-order chi connectivity index (χ1) is 9.01. The van der Waals surface area contributed by atoms with Crippen LogP contribution in [0.25, 0.3) is 11.3 Å². The Bertz CT molecular complexity index is 615. The van der Waals surface area contributed by atoms with E-state index < -0.39 is 5.97 Å². The molecule has 0 spiro atoms. The number of methoxy groups -OCH3 is 1. The normalized spacial score (nSPS) is 10.3. The zero-order chi connectivity index (χ0) is 14.0. The highest BCUT2D eigenvalue weighted by Crippen LogP contribution is 2.20. The maximum absolute atomic E-state index is 11.9. The van der Waals surface area contributed by atoms with Crippen LogP contribution in [0.15, 0.2) is 36.5 Å². The molecule has 0 saturated carbocycles. The molecule has 0 aliphatic heterocycles. The highest BCUT2D eigenvalue weighted by Gasteiger charge is 2.14. The first-order valence-electron chi connectivity index (χ1n) is 5.91. The van der Waals surface area contributed by atoms with Gasteiger partial charge in [0.1, 0.15) is 0 Å². The van der Waals surface area contributed by atoms with Crippen LogP contribution in [0.3, 0.4) is 0 Å². The molecule has 0 N–H and O–H groups in total. The van der Waals surface area contributed by atoms with Gasteiger partial charge in [-0.15, -0.1) is 0 Å². The third-order valence-corrected chi connectivity index (χ3v) is 2.86. The number of carbonyl (C=O) groups is 1. The number of carbonyl (C=O) groups excluding carboxylic acids is 1. The molecule has 0 bridgehead atoms. The summed E-state index contributed by atoms with van der Waals surface area (Å²) >= 11 is 0. The summed E-state index contributed by atoms with van der Waals surface area (Å²) in [6.07, 6.45) is 1.32. The van der Waals surface area contributed by atoms with Crippen LogP contribution in [0.1, 0.15) is 21.5 Å². The van der Waals surface area contributed by atoms with Gasteiger partial charge in [0.2, 0.25) is 5.69 Å². The minimum absolute atomic E-state index is 0.365. The lowest BCUT2D eigenvalue weighted by molar-refractivity contribution is -0.593. The smallest absolute Gasteiger partial charge is 0.338 e. The molecule has 0 aliphatic rings. The second-order valence-corrected chi connectivity index (χ2v) is 4.49. The summed E-state index contributed by atoms with van der Waals surface area (Å²) < 4.78 is 5.41. The van der Waals surface area contributed by atoms with Gasteiger partial charge in [0.15, 0.2) is 6.20 Å². The number of nitrogens with zero attached hydrogens (tertiary/aromatic N) is 1. The standard InChI is InChI=1S/C15H15NO3/c1-10-6-11(2)8-13(7-10)14-9-12(15(17)19-3)4-5-16(14)18/h4-9H,1-3H3. The number of hydrogen-bond acceptors (Lipinski definition) is 3. The van der Waals surface area contributed by atoms with Crippen LogP contribution in [0.2, 0.25) is 0 Å². The van der Waals surface area contributed by atoms with Gasteiger partial charge in [-0.1, -0.05) is 17.2 Å². The molecule has 2 aromatic rings. The zero-order valence-electron chi connectivity index (χ0n) is 11.1. The fraction of sp³-hybridized carbons (Fsp3) is 0.200. The molecular weight excluding hydrogens is 242 g/mol. The molecule has 0 unspecified atom stereocenters. The molecule has 1 aromatic heterocycles. The Morgan fingerprint density at radius 3 is 2.37 bits per heavy atom. The summed E-state index contributed by atoms with van der Waals surface area (Å²) in [6, 6.07) is 8.86. The van der Waals surface area contributed by atoms with E-state index in [1.807, 2.05) is 32.0 Å². The number of aryl methyl sites for hydroxylation is 2. The Labute approximate surface area is 111 Å². The molecule has 0 atom stereocenters. The number of hydrogen-bond donors (Lipinski definition) is 0. The lowest BCUT2D eigenvalue weighted by Crippen LogP contribution is -2.29. The highest BCUT2D eigenvalue weighted by atomic mass is 16.5. The van der Waals surface area contributed by atoms with E-state index in [1.54, 1.807) is 6.07 Å². The second kappa shape index (κ2) is 5.10. The van der Waals surface area contributed by atoms with Crippen molar-refractivity contribution in [3.63, 3.8) is 0 Å². The van der Waals surface area contributed by atoms with Crippen LogP contribution in [0.4, 0.5) is 0 Å². The van der Waals surface area contributed by atoms with E-state index in [4.69, 9.17) is 0 Å². The monoisotopic (exact) mass is 257 g/mol. The third-order valence-electron chi connectivity index (χ3n) is 2.86. The van der Waals surface area contributed by atoms with Gasteiger partial charge in [-0.2, -0.15) is 4.73 Å². The molecule has 4 nitrogen and oxygen atoms in total. The molecule has 0 fully saturated rings. The molecule has 0 aliphatic carbocycles. The summed E-state index contributed by atoms with van der Waals surface area (Å²) in [6.45, 7) is 3.94. The Kier molecular flexibility index (Phi) is 3.51. The summed E-state index contributed by atoms with van der Waals surface area (Å²) in [5.41, 5.74) is 3.73. The van der Waals surface area contributed by atoms with Gasteiger partial charge < -0.3 is 9.94 Å². The van der Waals surface area contributed by atoms with Crippen molar-refractivity contribution in [2.75, 3.05) is 7.11 Å². The van der Waals surface area contributed by atoms with Crippen molar-refractivity contribution in [3.05, 3.63) is 58.4 Å². The van der Waals surface area contributed by atoms with Crippen LogP contribution in [-0.2, 0) is 4.74 Å². The van der Waals surface area contributed by atoms with Crippen LogP contribution in [0.5, 0.6) is 0 Å². The van der Waals surface area contributed by atoms with Gasteiger partial charge in [0.25, 0.3) is 0 Å². The number of benzene rings is 1. The van der Waals surface area contributed by atoms with E-state index in [1.165, 1.54) is 19.4 Å². The van der Waals surface area contributed by atoms with Crippen molar-refractivity contribution in [2.45, 2.75) is 13.8 Å². The Morgan fingerprint density at radius 2 is 1.79 bits per heavy atom. The topological polar surface area (TPSA) is 53.2 Å². The predicted molar refractivity (Wildman–Crippen MR) is 71.7 cm³/mol. The first kappa shape index (κ1) is 13.1. The molecule has 2 rings (SSSR count). The van der Waals surface area contributed by atoms with Crippen molar-refractivity contribution in [3.8, 4) is 11.3 Å². The van der Waals surface area contributed by atoms with Crippen LogP contribution >= 0.6 is 0 Å². The molecule has 1 heterocycles. The molecule has 1 aromatic carbocycles. The number of aromatic nitrogens is 1. The summed E-state index contributed by atoms with van der Waals surface area (Å²) in [4.78, 5) is 11.5. The van der Waals surface area contributed by atoms with Crippen molar-refractivity contribution in [1.82, 2.24) is 0 Å². The van der Waals surface area contributed by atoms with Gasteiger partial charge in [0.05, 0.1) is 12.7 Å². The summed E-state index contributed by atoms with van der Waals surface area (Å²) in [5.74, 6) is -0.453. The van der Waals surface area contributed by atoms with Crippen LogP contribution in [-0.4, -0.2) is 13.1 Å². The second-order valence-electron chi connectivity index (χ2n) is 4.49. The van der Waals surface area contributed by atoms with Gasteiger partial charge in [-0.05, 0) is 26.0 Å². The molecule has 19 heavy (non-hydrogen) atoms. The lowest BCUT2D eigenvalue weighted by Gasteiger charge is -2.08. The molecule has 0 radical (unpaired) electrons. The lowest BCUT2D eigenvalue weighted by atomic mass is 10.0. The maximum atomic E-state index is 11.9. The van der Waals surface area contributed by atoms with E-state index in [9.17, 15) is 10.0 Å². The van der Waals surface area contributed by atoms with Crippen LogP contribution in [0, 0.1) is 19.1 Å². The number of pyridine rings is 1. The fourth-order valence-corrected chi connectivity index (χ4v) is 2.07. The number of rotatable bonds is 2. The first-order valence-corrected chi connectivity index (χ1v) is 5.91.